The molecule has 0 N–H and O–H groups in total. The minimum absolute atomic E-state index is 0.819. The number of hydrogen-bond acceptors (Lipinski definition) is 6. The molecule has 8 heteroatoms. The van der Waals surface area contributed by atoms with Gasteiger partial charge in [0.25, 0.3) is 0 Å². The Labute approximate surface area is 460 Å². The van der Waals surface area contributed by atoms with E-state index in [-0.39, 0.29) is 0 Å². The van der Waals surface area contributed by atoms with Crippen LogP contribution in [0.4, 0.5) is 68.2 Å². The van der Waals surface area contributed by atoms with Gasteiger partial charge in [-0.15, -0.1) is 0 Å². The normalized spacial score (nSPS) is 12.9. The van der Waals surface area contributed by atoms with Gasteiger partial charge in [0.2, 0.25) is 0 Å². The van der Waals surface area contributed by atoms with Crippen LogP contribution in [-0.4, -0.2) is 19.1 Å². The van der Waals surface area contributed by atoms with Crippen LogP contribution in [0.15, 0.2) is 279 Å². The van der Waals surface area contributed by atoms with Gasteiger partial charge >= 0.3 is 0 Å². The van der Waals surface area contributed by atoms with Crippen molar-refractivity contribution in [3.63, 3.8) is 0 Å². The van der Waals surface area contributed by atoms with Gasteiger partial charge in [0.05, 0.1) is 90.0 Å². The van der Waals surface area contributed by atoms with Crippen molar-refractivity contribution in [1.29, 1.82) is 0 Å². The fourth-order valence-corrected chi connectivity index (χ4v) is 12.9. The van der Waals surface area contributed by atoms with Crippen LogP contribution in [0.2, 0.25) is 0 Å². The number of hydrogen-bond donors (Lipinski definition) is 0. The van der Waals surface area contributed by atoms with E-state index in [0.717, 1.165) is 145 Å². The van der Waals surface area contributed by atoms with Crippen molar-refractivity contribution in [1.82, 2.24) is 19.1 Å². The van der Waals surface area contributed by atoms with Crippen molar-refractivity contribution in [2.45, 2.75) is 0 Å². The van der Waals surface area contributed by atoms with Crippen LogP contribution in [0.3, 0.4) is 0 Å². The molecule has 0 atom stereocenters. The van der Waals surface area contributed by atoms with Crippen molar-refractivity contribution >= 4 is 134 Å². The van der Waals surface area contributed by atoms with Gasteiger partial charge in [0.15, 0.2) is 0 Å². The van der Waals surface area contributed by atoms with E-state index in [1.54, 1.807) is 0 Å². The third-order valence-corrected chi connectivity index (χ3v) is 16.2. The number of benzene rings is 12. The molecule has 8 nitrogen and oxygen atoms in total. The summed E-state index contributed by atoms with van der Waals surface area (Å²) in [6, 6.07) is 100. The first-order valence-electron chi connectivity index (χ1n) is 27.2. The molecule has 0 amide bonds. The SMILES string of the molecule is c1ccc(N2c3ccccc3N(c3ccc4c(c3)c3ccccc3n4-c3ccc(-n4c5ccccc5c5cc(N6c7ccccc7N(c7ccccc7)c7ccccc76)ccc54)c4nc5ccccc5nc34)c3ccccc32)cc1. The summed E-state index contributed by atoms with van der Waals surface area (Å²) >= 11 is 0. The maximum atomic E-state index is 5.58. The summed E-state index contributed by atoms with van der Waals surface area (Å²) < 4.78 is 4.79. The molecule has 3 aromatic heterocycles. The molecule has 0 spiro atoms. The Hall–Kier alpha value is -11.0. The topological polar surface area (TPSA) is 48.6 Å². The predicted molar refractivity (Wildman–Crippen MR) is 332 cm³/mol. The molecule has 2 aliphatic rings. The maximum Gasteiger partial charge on any atom is 0.116 e. The molecule has 15 aromatic rings. The molecular formula is C72H46N8. The van der Waals surface area contributed by atoms with Gasteiger partial charge < -0.3 is 28.7 Å². The number of fused-ring (bicyclic) bond motifs is 12. The van der Waals surface area contributed by atoms with Crippen LogP contribution in [0.5, 0.6) is 0 Å². The summed E-state index contributed by atoms with van der Waals surface area (Å²) in [5, 5.41) is 4.61. The van der Waals surface area contributed by atoms with Gasteiger partial charge in [-0.2, -0.15) is 0 Å². The summed E-state index contributed by atoms with van der Waals surface area (Å²) in [7, 11) is 0. The zero-order chi connectivity index (χ0) is 52.4. The summed E-state index contributed by atoms with van der Waals surface area (Å²) in [4.78, 5) is 20.7. The molecule has 12 aromatic carbocycles. The average molecular weight is 1020 g/mol. The van der Waals surface area contributed by atoms with Gasteiger partial charge in [0, 0.05) is 44.3 Å². The van der Waals surface area contributed by atoms with Crippen molar-refractivity contribution in [3.8, 4) is 11.4 Å². The molecule has 80 heavy (non-hydrogen) atoms. The molecule has 0 radical (unpaired) electrons. The van der Waals surface area contributed by atoms with E-state index in [0.29, 0.717) is 0 Å². The second kappa shape index (κ2) is 17.3. The van der Waals surface area contributed by atoms with Crippen LogP contribution in [0.1, 0.15) is 0 Å². The molecule has 5 heterocycles. The van der Waals surface area contributed by atoms with Crippen LogP contribution in [0, 0.1) is 0 Å². The summed E-state index contributed by atoms with van der Waals surface area (Å²) in [6.07, 6.45) is 0. The lowest BCUT2D eigenvalue weighted by atomic mass is 10.0. The van der Waals surface area contributed by atoms with E-state index in [1.807, 2.05) is 12.1 Å². The Kier molecular flexibility index (Phi) is 9.54. The highest BCUT2D eigenvalue weighted by molar-refractivity contribution is 6.15. The average Bonchev–Trinajstić information content (AvgIpc) is 4.23. The van der Waals surface area contributed by atoms with Crippen LogP contribution in [-0.2, 0) is 0 Å². The number of para-hydroxylation sites is 14. The molecule has 17 rings (SSSR count). The highest BCUT2D eigenvalue weighted by atomic mass is 15.3. The highest BCUT2D eigenvalue weighted by Gasteiger charge is 2.33. The molecule has 0 saturated heterocycles. The lowest BCUT2D eigenvalue weighted by molar-refractivity contribution is 1.15. The fourth-order valence-electron chi connectivity index (χ4n) is 12.9. The van der Waals surface area contributed by atoms with E-state index in [4.69, 9.17) is 9.97 Å². The molecule has 0 bridgehead atoms. The quantitative estimate of drug-likeness (QED) is 0.155. The maximum absolute atomic E-state index is 5.58. The van der Waals surface area contributed by atoms with E-state index in [2.05, 4.69) is 296 Å². The third-order valence-electron chi connectivity index (χ3n) is 16.2. The molecule has 0 fully saturated rings. The molecule has 0 saturated carbocycles. The van der Waals surface area contributed by atoms with Gasteiger partial charge in [-0.1, -0.05) is 133 Å². The smallest absolute Gasteiger partial charge is 0.116 e. The molecule has 2 aliphatic heterocycles. The summed E-state index contributed by atoms with van der Waals surface area (Å²) in [5.74, 6) is 0. The first-order valence-corrected chi connectivity index (χ1v) is 27.2. The molecule has 0 aliphatic carbocycles. The van der Waals surface area contributed by atoms with Gasteiger partial charge in [-0.05, 0) is 146 Å². The first-order chi connectivity index (χ1) is 39.7. The Bertz CT molecular complexity index is 4600. The Morgan fingerprint density at radius 3 is 0.850 bits per heavy atom. The largest absolute Gasteiger partial charge is 0.307 e. The van der Waals surface area contributed by atoms with Crippen LogP contribution in [0.25, 0.3) is 77.1 Å². The van der Waals surface area contributed by atoms with Crippen LogP contribution < -0.4 is 19.6 Å². The minimum Gasteiger partial charge on any atom is -0.307 e. The number of aromatic nitrogens is 4. The Morgan fingerprint density at radius 2 is 0.487 bits per heavy atom. The number of nitrogens with zero attached hydrogens (tertiary/aromatic N) is 8. The lowest BCUT2D eigenvalue weighted by Gasteiger charge is -2.40. The Morgan fingerprint density at radius 1 is 0.200 bits per heavy atom. The number of rotatable bonds is 6. The van der Waals surface area contributed by atoms with Gasteiger partial charge in [-0.25, -0.2) is 9.97 Å². The predicted octanol–water partition coefficient (Wildman–Crippen LogP) is 19.5. The monoisotopic (exact) mass is 1020 g/mol. The van der Waals surface area contributed by atoms with E-state index in [9.17, 15) is 0 Å². The second-order valence-corrected chi connectivity index (χ2v) is 20.6. The van der Waals surface area contributed by atoms with Crippen molar-refractivity contribution in [2.75, 3.05) is 19.6 Å². The summed E-state index contributed by atoms with van der Waals surface area (Å²) in [5.41, 5.74) is 22.9. The minimum atomic E-state index is 0.819. The standard InChI is InChI=1S/C72H46N8/c1-3-21-47(22-4-1)75-61-31-13-17-35-65(61)77(66-36-18-14-32-62(66)75)49-39-41-59-53(45-49)51-25-7-11-29-57(51)79(59)69-43-44-70(72-71(69)73-55-27-9-10-28-56(55)74-72)80-58-30-12-8-26-52(58)54-46-50(40-42-60(54)80)78-67-37-19-15-33-63(67)76(48-23-5-2-6-24-48)64-34-16-20-38-68(64)78/h1-46H. The molecule has 374 valence electrons. The van der Waals surface area contributed by atoms with Gasteiger partial charge in [-0.3, -0.25) is 0 Å². The van der Waals surface area contributed by atoms with Gasteiger partial charge in [0.1, 0.15) is 11.0 Å². The first kappa shape index (κ1) is 44.2. The zero-order valence-electron chi connectivity index (χ0n) is 43.1. The zero-order valence-corrected chi connectivity index (χ0v) is 43.1. The fraction of sp³-hybridized carbons (Fsp3) is 0. The summed E-state index contributed by atoms with van der Waals surface area (Å²) in [6.45, 7) is 0. The lowest BCUT2D eigenvalue weighted by Crippen LogP contribution is -2.23. The van der Waals surface area contributed by atoms with E-state index in [1.165, 1.54) is 0 Å². The second-order valence-electron chi connectivity index (χ2n) is 20.6. The number of anilines is 12. The van der Waals surface area contributed by atoms with E-state index < -0.39 is 0 Å². The van der Waals surface area contributed by atoms with E-state index >= 15 is 0 Å². The molecular weight excluding hydrogens is 977 g/mol. The van der Waals surface area contributed by atoms with Crippen LogP contribution >= 0.6 is 0 Å². The molecule has 0 unspecified atom stereocenters. The van der Waals surface area contributed by atoms with Crippen molar-refractivity contribution in [2.24, 2.45) is 0 Å². The third kappa shape index (κ3) is 6.44. The van der Waals surface area contributed by atoms with Crippen molar-refractivity contribution < 1.29 is 0 Å². The highest BCUT2D eigenvalue weighted by Crippen LogP contribution is 2.56. The Balaban J connectivity index is 0.848. The van der Waals surface area contributed by atoms with Crippen molar-refractivity contribution in [3.05, 3.63) is 279 Å².